The first-order valence-corrected chi connectivity index (χ1v) is 5.98. The highest BCUT2D eigenvalue weighted by molar-refractivity contribution is 5.82. The third kappa shape index (κ3) is 3.40. The van der Waals surface area contributed by atoms with Crippen molar-refractivity contribution in [1.82, 2.24) is 5.32 Å². The van der Waals surface area contributed by atoms with Crippen molar-refractivity contribution in [3.05, 3.63) is 0 Å². The Hall–Kier alpha value is -0.650. The maximum Gasteiger partial charge on any atom is 0.328 e. The van der Waals surface area contributed by atoms with E-state index >= 15 is 0 Å². The fourth-order valence-electron chi connectivity index (χ4n) is 2.04. The number of rotatable bonds is 8. The van der Waals surface area contributed by atoms with Crippen molar-refractivity contribution in [2.75, 3.05) is 34.5 Å². The number of esters is 1. The van der Waals surface area contributed by atoms with Crippen LogP contribution < -0.4 is 5.32 Å². The van der Waals surface area contributed by atoms with Crippen LogP contribution >= 0.6 is 0 Å². The summed E-state index contributed by atoms with van der Waals surface area (Å²) >= 11 is 0. The van der Waals surface area contributed by atoms with Gasteiger partial charge in [0.2, 0.25) is 0 Å². The predicted molar refractivity (Wildman–Crippen MR) is 63.8 cm³/mol. The van der Waals surface area contributed by atoms with Crippen molar-refractivity contribution in [2.24, 2.45) is 5.92 Å². The molecular weight excluding hydrogens is 222 g/mol. The topological polar surface area (TPSA) is 56.8 Å². The molecule has 1 aliphatic carbocycles. The van der Waals surface area contributed by atoms with Gasteiger partial charge in [-0.2, -0.15) is 0 Å². The number of methoxy groups -OCH3 is 2. The highest BCUT2D eigenvalue weighted by atomic mass is 16.5. The van der Waals surface area contributed by atoms with Gasteiger partial charge in [0, 0.05) is 7.11 Å². The van der Waals surface area contributed by atoms with Crippen LogP contribution in [0.2, 0.25) is 0 Å². The van der Waals surface area contributed by atoms with Gasteiger partial charge < -0.3 is 19.5 Å². The number of carbonyl (C=O) groups excluding carboxylic acids is 1. The quantitative estimate of drug-likeness (QED) is 0.634. The van der Waals surface area contributed by atoms with Crippen LogP contribution in [0.1, 0.15) is 19.8 Å². The van der Waals surface area contributed by atoms with E-state index in [1.807, 2.05) is 6.92 Å². The lowest BCUT2D eigenvalue weighted by atomic mass is 9.94. The molecule has 0 amide bonds. The Morgan fingerprint density at radius 3 is 2.53 bits per heavy atom. The highest BCUT2D eigenvalue weighted by Gasteiger charge is 2.51. The number of hydrogen-bond acceptors (Lipinski definition) is 5. The Labute approximate surface area is 103 Å². The SMILES string of the molecule is CNC(COC(C)COC)(C(=O)OC)C1CC1. The van der Waals surface area contributed by atoms with Gasteiger partial charge in [-0.15, -0.1) is 0 Å². The smallest absolute Gasteiger partial charge is 0.328 e. The molecule has 1 rings (SSSR count). The Bertz CT molecular complexity index is 255. The van der Waals surface area contributed by atoms with E-state index in [0.29, 0.717) is 19.1 Å². The Kier molecular flexibility index (Phi) is 5.36. The van der Waals surface area contributed by atoms with E-state index in [-0.39, 0.29) is 12.1 Å². The van der Waals surface area contributed by atoms with Crippen LogP contribution in [-0.4, -0.2) is 52.1 Å². The third-order valence-corrected chi connectivity index (χ3v) is 3.27. The largest absolute Gasteiger partial charge is 0.468 e. The number of ether oxygens (including phenoxy) is 3. The van der Waals surface area contributed by atoms with Crippen LogP contribution in [0.15, 0.2) is 0 Å². The molecule has 0 spiro atoms. The summed E-state index contributed by atoms with van der Waals surface area (Å²) in [5, 5.41) is 3.09. The summed E-state index contributed by atoms with van der Waals surface area (Å²) in [6, 6.07) is 0. The Morgan fingerprint density at radius 1 is 1.47 bits per heavy atom. The molecule has 17 heavy (non-hydrogen) atoms. The molecular formula is C12H23NO4. The molecule has 0 aliphatic heterocycles. The molecule has 1 N–H and O–H groups in total. The zero-order chi connectivity index (χ0) is 12.9. The zero-order valence-corrected chi connectivity index (χ0v) is 11.1. The van der Waals surface area contributed by atoms with Gasteiger partial charge in [-0.25, -0.2) is 4.79 Å². The molecule has 5 heteroatoms. The van der Waals surface area contributed by atoms with E-state index in [1.54, 1.807) is 14.2 Å². The number of likely N-dealkylation sites (N-methyl/N-ethyl adjacent to an activating group) is 1. The number of nitrogens with one attached hydrogen (secondary N) is 1. The first kappa shape index (κ1) is 14.4. The maximum atomic E-state index is 11.9. The highest BCUT2D eigenvalue weighted by Crippen LogP contribution is 2.40. The van der Waals surface area contributed by atoms with Crippen LogP contribution in [0.5, 0.6) is 0 Å². The van der Waals surface area contributed by atoms with Gasteiger partial charge >= 0.3 is 5.97 Å². The normalized spacial score (nSPS) is 20.7. The molecule has 2 atom stereocenters. The maximum absolute atomic E-state index is 11.9. The van der Waals surface area contributed by atoms with Crippen molar-refractivity contribution in [3.8, 4) is 0 Å². The van der Waals surface area contributed by atoms with Gasteiger partial charge in [-0.05, 0) is 32.7 Å². The van der Waals surface area contributed by atoms with Gasteiger partial charge in [0.15, 0.2) is 0 Å². The standard InChI is InChI=1S/C12H23NO4/c1-9(7-15-3)17-8-12(13-2,10-5-6-10)11(14)16-4/h9-10,13H,5-8H2,1-4H3. The lowest BCUT2D eigenvalue weighted by Crippen LogP contribution is -2.57. The molecule has 0 aromatic carbocycles. The molecule has 1 aliphatic rings. The van der Waals surface area contributed by atoms with E-state index in [4.69, 9.17) is 14.2 Å². The van der Waals surface area contributed by atoms with Gasteiger partial charge in [-0.1, -0.05) is 0 Å². The molecule has 0 heterocycles. The monoisotopic (exact) mass is 245 g/mol. The Morgan fingerprint density at radius 2 is 2.12 bits per heavy atom. The van der Waals surface area contributed by atoms with Crippen LogP contribution in [0.25, 0.3) is 0 Å². The van der Waals surface area contributed by atoms with E-state index < -0.39 is 5.54 Å². The lowest BCUT2D eigenvalue weighted by Gasteiger charge is -2.31. The average molecular weight is 245 g/mol. The zero-order valence-electron chi connectivity index (χ0n) is 11.1. The minimum absolute atomic E-state index is 0.0314. The predicted octanol–water partition coefficient (Wildman–Crippen LogP) is 0.579. The van der Waals surface area contributed by atoms with E-state index in [2.05, 4.69) is 5.32 Å². The molecule has 0 aromatic heterocycles. The molecule has 100 valence electrons. The summed E-state index contributed by atoms with van der Waals surface area (Å²) in [6.07, 6.45) is 2.05. The van der Waals surface area contributed by atoms with Crippen molar-refractivity contribution in [2.45, 2.75) is 31.4 Å². The molecule has 2 unspecified atom stereocenters. The fourth-order valence-corrected chi connectivity index (χ4v) is 2.04. The van der Waals surface area contributed by atoms with Crippen LogP contribution in [0.3, 0.4) is 0 Å². The first-order chi connectivity index (χ1) is 8.10. The van der Waals surface area contributed by atoms with Crippen molar-refractivity contribution in [1.29, 1.82) is 0 Å². The summed E-state index contributed by atoms with van der Waals surface area (Å²) in [4.78, 5) is 11.9. The van der Waals surface area contributed by atoms with E-state index in [0.717, 1.165) is 12.8 Å². The summed E-state index contributed by atoms with van der Waals surface area (Å²) in [5.74, 6) is 0.0711. The molecule has 0 aromatic rings. The molecule has 0 bridgehead atoms. The van der Waals surface area contributed by atoms with Crippen LogP contribution in [0, 0.1) is 5.92 Å². The fraction of sp³-hybridized carbons (Fsp3) is 0.917. The third-order valence-electron chi connectivity index (χ3n) is 3.27. The first-order valence-electron chi connectivity index (χ1n) is 5.98. The summed E-state index contributed by atoms with van der Waals surface area (Å²) in [5.41, 5.74) is -0.698. The van der Waals surface area contributed by atoms with Crippen molar-refractivity contribution < 1.29 is 19.0 Å². The van der Waals surface area contributed by atoms with Gasteiger partial charge in [0.25, 0.3) is 0 Å². The minimum atomic E-state index is -0.698. The second kappa shape index (κ2) is 6.33. The lowest BCUT2D eigenvalue weighted by molar-refractivity contribution is -0.154. The number of hydrogen-bond donors (Lipinski definition) is 1. The van der Waals surface area contributed by atoms with Gasteiger partial charge in [-0.3, -0.25) is 0 Å². The minimum Gasteiger partial charge on any atom is -0.468 e. The Balaban J connectivity index is 2.60. The van der Waals surface area contributed by atoms with Crippen LogP contribution in [-0.2, 0) is 19.0 Å². The second-order valence-electron chi connectivity index (χ2n) is 4.56. The summed E-state index contributed by atoms with van der Waals surface area (Å²) in [6.45, 7) is 2.77. The number of carbonyl (C=O) groups is 1. The van der Waals surface area contributed by atoms with E-state index in [9.17, 15) is 4.79 Å². The summed E-state index contributed by atoms with van der Waals surface area (Å²) < 4.78 is 15.6. The summed E-state index contributed by atoms with van der Waals surface area (Å²) in [7, 11) is 4.82. The van der Waals surface area contributed by atoms with E-state index in [1.165, 1.54) is 7.11 Å². The van der Waals surface area contributed by atoms with Crippen molar-refractivity contribution in [3.63, 3.8) is 0 Å². The molecule has 1 fully saturated rings. The van der Waals surface area contributed by atoms with Gasteiger partial charge in [0.05, 0.1) is 26.4 Å². The molecule has 0 radical (unpaired) electrons. The van der Waals surface area contributed by atoms with Crippen LogP contribution in [0.4, 0.5) is 0 Å². The van der Waals surface area contributed by atoms with Crippen molar-refractivity contribution >= 4 is 5.97 Å². The molecule has 0 saturated heterocycles. The average Bonchev–Trinajstić information content (AvgIpc) is 3.15. The van der Waals surface area contributed by atoms with Gasteiger partial charge in [0.1, 0.15) is 5.54 Å². The molecule has 1 saturated carbocycles. The second-order valence-corrected chi connectivity index (χ2v) is 4.56. The molecule has 5 nitrogen and oxygen atoms in total.